The molecule has 1 heterocycles. The zero-order valence-corrected chi connectivity index (χ0v) is 13.8. The van der Waals surface area contributed by atoms with Crippen LogP contribution in [-0.4, -0.2) is 44.7 Å². The van der Waals surface area contributed by atoms with E-state index in [4.69, 9.17) is 5.11 Å². The quantitative estimate of drug-likeness (QED) is 0.888. The lowest BCUT2D eigenvalue weighted by atomic mass is 10.0. The number of carboxylic acid groups (broad SMARTS) is 1. The van der Waals surface area contributed by atoms with Crippen LogP contribution >= 0.6 is 0 Å². The van der Waals surface area contributed by atoms with Crippen molar-refractivity contribution in [1.29, 1.82) is 0 Å². The van der Waals surface area contributed by atoms with Gasteiger partial charge in [-0.2, -0.15) is 5.10 Å². The second-order valence-electron chi connectivity index (χ2n) is 5.89. The Morgan fingerprint density at radius 1 is 1.22 bits per heavy atom. The summed E-state index contributed by atoms with van der Waals surface area (Å²) >= 11 is 0. The summed E-state index contributed by atoms with van der Waals surface area (Å²) in [7, 11) is 0. The highest BCUT2D eigenvalue weighted by Gasteiger charge is 2.23. The number of nitrogens with one attached hydrogen (secondary N) is 1. The third-order valence-electron chi connectivity index (χ3n) is 3.80. The van der Waals surface area contributed by atoms with Crippen molar-refractivity contribution in [1.82, 2.24) is 15.1 Å². The van der Waals surface area contributed by atoms with E-state index in [-0.39, 0.29) is 24.2 Å². The third-order valence-corrected chi connectivity index (χ3v) is 3.80. The van der Waals surface area contributed by atoms with Gasteiger partial charge in [0.05, 0.1) is 5.69 Å². The van der Waals surface area contributed by atoms with Crippen molar-refractivity contribution in [3.8, 4) is 11.3 Å². The summed E-state index contributed by atoms with van der Waals surface area (Å²) in [6.07, 6.45) is 0. The first-order chi connectivity index (χ1) is 10.8. The number of carbonyl (C=O) groups is 2. The SMILES string of the molecule is Cc1ccc(-c2cc(C(=O)N(CC(=O)O)C(C)C)[nH]n2)cc1C. The van der Waals surface area contributed by atoms with Crippen molar-refractivity contribution in [3.05, 3.63) is 41.1 Å². The predicted octanol–water partition coefficient (Wildman–Crippen LogP) is 2.63. The molecule has 0 bridgehead atoms. The van der Waals surface area contributed by atoms with E-state index in [1.165, 1.54) is 10.5 Å². The lowest BCUT2D eigenvalue weighted by Gasteiger charge is -2.23. The van der Waals surface area contributed by atoms with Crippen LogP contribution < -0.4 is 0 Å². The molecule has 1 amide bonds. The Hall–Kier alpha value is -2.63. The molecular weight excluding hydrogens is 294 g/mol. The van der Waals surface area contributed by atoms with Crippen LogP contribution in [0.2, 0.25) is 0 Å². The average Bonchev–Trinajstić information content (AvgIpc) is 2.96. The van der Waals surface area contributed by atoms with Crippen LogP contribution in [-0.2, 0) is 4.79 Å². The molecular formula is C17H21N3O3. The molecule has 6 nitrogen and oxygen atoms in total. The molecule has 0 aliphatic heterocycles. The Kier molecular flexibility index (Phi) is 4.83. The maximum atomic E-state index is 12.5. The van der Waals surface area contributed by atoms with Gasteiger partial charge in [0.2, 0.25) is 0 Å². The highest BCUT2D eigenvalue weighted by atomic mass is 16.4. The number of nitrogens with zero attached hydrogens (tertiary/aromatic N) is 2. The number of carbonyl (C=O) groups excluding carboxylic acids is 1. The molecule has 6 heteroatoms. The summed E-state index contributed by atoms with van der Waals surface area (Å²) in [4.78, 5) is 24.7. The number of rotatable bonds is 5. The van der Waals surface area contributed by atoms with Crippen molar-refractivity contribution in [3.63, 3.8) is 0 Å². The van der Waals surface area contributed by atoms with Gasteiger partial charge in [-0.3, -0.25) is 14.7 Å². The van der Waals surface area contributed by atoms with E-state index in [0.29, 0.717) is 5.69 Å². The first kappa shape index (κ1) is 16.7. The molecule has 0 spiro atoms. The zero-order chi connectivity index (χ0) is 17.1. The minimum Gasteiger partial charge on any atom is -0.480 e. The molecule has 0 radical (unpaired) electrons. The van der Waals surface area contributed by atoms with Gasteiger partial charge in [0, 0.05) is 11.6 Å². The number of aryl methyl sites for hydroxylation is 2. The van der Waals surface area contributed by atoms with Gasteiger partial charge >= 0.3 is 5.97 Å². The van der Waals surface area contributed by atoms with E-state index in [0.717, 1.165) is 11.1 Å². The molecule has 0 aliphatic carbocycles. The van der Waals surface area contributed by atoms with Crippen LogP contribution in [0.4, 0.5) is 0 Å². The Bertz CT molecular complexity index is 734. The Morgan fingerprint density at radius 3 is 2.48 bits per heavy atom. The molecule has 23 heavy (non-hydrogen) atoms. The first-order valence-corrected chi connectivity index (χ1v) is 7.45. The van der Waals surface area contributed by atoms with E-state index < -0.39 is 5.97 Å². The Balaban J connectivity index is 2.28. The maximum absolute atomic E-state index is 12.5. The van der Waals surface area contributed by atoms with Crippen LogP contribution in [0.25, 0.3) is 11.3 Å². The lowest BCUT2D eigenvalue weighted by Crippen LogP contribution is -2.40. The topological polar surface area (TPSA) is 86.3 Å². The lowest BCUT2D eigenvalue weighted by molar-refractivity contribution is -0.138. The fraction of sp³-hybridized carbons (Fsp3) is 0.353. The largest absolute Gasteiger partial charge is 0.480 e. The molecule has 2 aromatic rings. The number of aliphatic carboxylic acids is 1. The minimum atomic E-state index is -1.04. The molecule has 0 aliphatic rings. The smallest absolute Gasteiger partial charge is 0.323 e. The van der Waals surface area contributed by atoms with Gasteiger partial charge in [-0.05, 0) is 51.0 Å². The average molecular weight is 315 g/mol. The van der Waals surface area contributed by atoms with Crippen LogP contribution in [0.5, 0.6) is 0 Å². The zero-order valence-electron chi connectivity index (χ0n) is 13.8. The molecule has 122 valence electrons. The second-order valence-corrected chi connectivity index (χ2v) is 5.89. The van der Waals surface area contributed by atoms with Crippen molar-refractivity contribution in [2.75, 3.05) is 6.54 Å². The van der Waals surface area contributed by atoms with Gasteiger partial charge in [0.25, 0.3) is 5.91 Å². The van der Waals surface area contributed by atoms with E-state index in [2.05, 4.69) is 10.2 Å². The minimum absolute atomic E-state index is 0.216. The highest BCUT2D eigenvalue weighted by Crippen LogP contribution is 2.21. The Labute approximate surface area is 135 Å². The Morgan fingerprint density at radius 2 is 1.91 bits per heavy atom. The number of H-pyrrole nitrogens is 1. The van der Waals surface area contributed by atoms with Gasteiger partial charge in [-0.1, -0.05) is 12.1 Å². The molecule has 2 rings (SSSR count). The summed E-state index contributed by atoms with van der Waals surface area (Å²) in [6.45, 7) is 7.27. The molecule has 0 atom stereocenters. The number of carboxylic acids is 1. The number of aromatic amines is 1. The third kappa shape index (κ3) is 3.77. The molecule has 1 aromatic carbocycles. The summed E-state index contributed by atoms with van der Waals surface area (Å²) in [6, 6.07) is 7.41. The van der Waals surface area contributed by atoms with Gasteiger partial charge in [-0.25, -0.2) is 0 Å². The van der Waals surface area contributed by atoms with Gasteiger partial charge in [0.1, 0.15) is 12.2 Å². The fourth-order valence-electron chi connectivity index (χ4n) is 2.27. The van der Waals surface area contributed by atoms with E-state index in [9.17, 15) is 9.59 Å². The summed E-state index contributed by atoms with van der Waals surface area (Å²) in [5.74, 6) is -1.41. The van der Waals surface area contributed by atoms with Gasteiger partial charge < -0.3 is 10.0 Å². The molecule has 0 saturated heterocycles. The van der Waals surface area contributed by atoms with Crippen molar-refractivity contribution in [2.24, 2.45) is 0 Å². The fourth-order valence-corrected chi connectivity index (χ4v) is 2.27. The van der Waals surface area contributed by atoms with Gasteiger partial charge in [0.15, 0.2) is 0 Å². The first-order valence-electron chi connectivity index (χ1n) is 7.45. The number of benzene rings is 1. The number of hydrogen-bond donors (Lipinski definition) is 2. The van der Waals surface area contributed by atoms with Crippen LogP contribution in [0, 0.1) is 13.8 Å². The van der Waals surface area contributed by atoms with Crippen LogP contribution in [0.15, 0.2) is 24.3 Å². The summed E-state index contributed by atoms with van der Waals surface area (Å²) in [5.41, 5.74) is 4.20. The molecule has 0 fully saturated rings. The second kappa shape index (κ2) is 6.64. The van der Waals surface area contributed by atoms with E-state index in [1.54, 1.807) is 19.9 Å². The predicted molar refractivity (Wildman–Crippen MR) is 87.3 cm³/mol. The molecule has 0 saturated carbocycles. The summed E-state index contributed by atoms with van der Waals surface area (Å²) < 4.78 is 0. The van der Waals surface area contributed by atoms with Crippen molar-refractivity contribution >= 4 is 11.9 Å². The van der Waals surface area contributed by atoms with Crippen molar-refractivity contribution < 1.29 is 14.7 Å². The number of hydrogen-bond acceptors (Lipinski definition) is 3. The molecule has 0 unspecified atom stereocenters. The highest BCUT2D eigenvalue weighted by molar-refractivity contribution is 5.95. The molecule has 1 aromatic heterocycles. The van der Waals surface area contributed by atoms with Crippen molar-refractivity contribution in [2.45, 2.75) is 33.7 Å². The van der Waals surface area contributed by atoms with Crippen LogP contribution in [0.3, 0.4) is 0 Å². The monoisotopic (exact) mass is 315 g/mol. The van der Waals surface area contributed by atoms with Gasteiger partial charge in [-0.15, -0.1) is 0 Å². The standard InChI is InChI=1S/C17H21N3O3/c1-10(2)20(9-16(21)22)17(23)15-8-14(18-19-15)13-6-5-11(3)12(4)7-13/h5-8,10H,9H2,1-4H3,(H,18,19)(H,21,22). The van der Waals surface area contributed by atoms with Crippen LogP contribution in [0.1, 0.15) is 35.5 Å². The summed E-state index contributed by atoms with van der Waals surface area (Å²) in [5, 5.41) is 15.8. The van der Waals surface area contributed by atoms with E-state index >= 15 is 0 Å². The maximum Gasteiger partial charge on any atom is 0.323 e. The number of amides is 1. The molecule has 2 N–H and O–H groups in total. The number of aromatic nitrogens is 2. The van der Waals surface area contributed by atoms with E-state index in [1.807, 2.05) is 32.0 Å². The normalized spacial score (nSPS) is 10.8.